The second kappa shape index (κ2) is 6.17. The summed E-state index contributed by atoms with van der Waals surface area (Å²) in [6, 6.07) is 2.68. The van der Waals surface area contributed by atoms with E-state index in [-0.39, 0.29) is 6.04 Å². The Balaban J connectivity index is 2.24. The van der Waals surface area contributed by atoms with E-state index in [9.17, 15) is 0 Å². The van der Waals surface area contributed by atoms with Crippen LogP contribution in [0.2, 0.25) is 0 Å². The molecule has 6 nitrogen and oxygen atoms in total. The van der Waals surface area contributed by atoms with Crippen LogP contribution in [0.3, 0.4) is 0 Å². The Morgan fingerprint density at radius 1 is 1.35 bits per heavy atom. The highest BCUT2D eigenvalue weighted by Gasteiger charge is 2.19. The molecule has 0 aromatic carbocycles. The second-order valence-corrected chi connectivity index (χ2v) is 5.30. The molecule has 0 aliphatic heterocycles. The third-order valence-electron chi connectivity index (χ3n) is 3.56. The average molecular weight is 276 g/mol. The highest BCUT2D eigenvalue weighted by atomic mass is 15.3. The molecule has 1 atom stereocenters. The summed E-state index contributed by atoms with van der Waals surface area (Å²) in [7, 11) is 3.96. The maximum atomic E-state index is 4.52. The molecule has 1 N–H and O–H groups in total. The van der Waals surface area contributed by atoms with E-state index in [0.717, 1.165) is 24.4 Å². The van der Waals surface area contributed by atoms with Crippen LogP contribution in [0.25, 0.3) is 0 Å². The molecule has 6 heteroatoms. The minimum Gasteiger partial charge on any atom is -0.311 e. The average Bonchev–Trinajstić information content (AvgIpc) is 3.02. The van der Waals surface area contributed by atoms with Crippen molar-refractivity contribution in [1.82, 2.24) is 29.9 Å². The normalized spacial score (nSPS) is 13.1. The van der Waals surface area contributed by atoms with Gasteiger partial charge in [-0.2, -0.15) is 10.2 Å². The molecule has 0 aliphatic carbocycles. The van der Waals surface area contributed by atoms with Gasteiger partial charge in [-0.3, -0.25) is 4.68 Å². The molecule has 0 bridgehead atoms. The molecule has 1 unspecified atom stereocenters. The van der Waals surface area contributed by atoms with Crippen LogP contribution in [0.5, 0.6) is 0 Å². The zero-order valence-corrected chi connectivity index (χ0v) is 13.0. The number of nitrogens with zero attached hydrogens (tertiary/aromatic N) is 5. The first kappa shape index (κ1) is 14.7. The van der Waals surface area contributed by atoms with Crippen LogP contribution in [0.15, 0.2) is 12.4 Å². The zero-order chi connectivity index (χ0) is 14.7. The fraction of sp³-hybridized carbons (Fsp3) is 0.643. The summed E-state index contributed by atoms with van der Waals surface area (Å²) in [6.07, 6.45) is 3.38. The molecule has 0 saturated carbocycles. The monoisotopic (exact) mass is 276 g/mol. The van der Waals surface area contributed by atoms with Crippen LogP contribution in [0.4, 0.5) is 0 Å². The van der Waals surface area contributed by atoms with E-state index in [1.165, 1.54) is 5.69 Å². The van der Waals surface area contributed by atoms with Gasteiger partial charge in [0.15, 0.2) is 0 Å². The summed E-state index contributed by atoms with van der Waals surface area (Å²) in [5.41, 5.74) is 2.30. The standard InChI is InChI=1S/C14H24N6/c1-6-11-7-13(19(5)18-11)12(15-4)8-14-16-9-17-20(14)10(2)3/h7,9-10,12,15H,6,8H2,1-5H3. The Labute approximate surface area is 120 Å². The first-order valence-corrected chi connectivity index (χ1v) is 7.15. The van der Waals surface area contributed by atoms with Gasteiger partial charge in [0, 0.05) is 19.5 Å². The van der Waals surface area contributed by atoms with Gasteiger partial charge in [0.2, 0.25) is 0 Å². The minimum atomic E-state index is 0.189. The largest absolute Gasteiger partial charge is 0.311 e. The van der Waals surface area contributed by atoms with Crippen LogP contribution in [0.1, 0.15) is 50.1 Å². The summed E-state index contributed by atoms with van der Waals surface area (Å²) in [5, 5.41) is 12.2. The van der Waals surface area contributed by atoms with Gasteiger partial charge in [0.25, 0.3) is 0 Å². The smallest absolute Gasteiger partial charge is 0.138 e. The van der Waals surface area contributed by atoms with Crippen molar-refractivity contribution in [2.75, 3.05) is 7.05 Å². The van der Waals surface area contributed by atoms with Crippen LogP contribution >= 0.6 is 0 Å². The quantitative estimate of drug-likeness (QED) is 0.871. The molecule has 0 aliphatic rings. The fourth-order valence-electron chi connectivity index (χ4n) is 2.43. The summed E-state index contributed by atoms with van der Waals surface area (Å²) in [5.74, 6) is 0.999. The summed E-state index contributed by atoms with van der Waals surface area (Å²) >= 11 is 0. The fourth-order valence-corrected chi connectivity index (χ4v) is 2.43. The lowest BCUT2D eigenvalue weighted by Crippen LogP contribution is -2.23. The van der Waals surface area contributed by atoms with Crippen molar-refractivity contribution in [2.24, 2.45) is 7.05 Å². The molecular weight excluding hydrogens is 252 g/mol. The molecule has 2 aromatic heterocycles. The number of rotatable bonds is 6. The van der Waals surface area contributed by atoms with Gasteiger partial charge < -0.3 is 5.32 Å². The van der Waals surface area contributed by atoms with E-state index in [1.807, 2.05) is 23.5 Å². The second-order valence-electron chi connectivity index (χ2n) is 5.30. The first-order valence-electron chi connectivity index (χ1n) is 7.15. The van der Waals surface area contributed by atoms with Gasteiger partial charge >= 0.3 is 0 Å². The molecule has 0 saturated heterocycles. The SMILES string of the molecule is CCc1cc(C(Cc2ncnn2C(C)C)NC)n(C)n1. The summed E-state index contributed by atoms with van der Waals surface area (Å²) in [4.78, 5) is 4.39. The maximum Gasteiger partial charge on any atom is 0.138 e. The molecular formula is C14H24N6. The lowest BCUT2D eigenvalue weighted by atomic mass is 10.1. The highest BCUT2D eigenvalue weighted by Crippen LogP contribution is 2.19. The molecule has 0 fully saturated rings. The number of likely N-dealkylation sites (N-methyl/N-ethyl adjacent to an activating group) is 1. The highest BCUT2D eigenvalue weighted by molar-refractivity contribution is 5.15. The number of hydrogen-bond acceptors (Lipinski definition) is 4. The molecule has 0 amide bonds. The van der Waals surface area contributed by atoms with Crippen molar-refractivity contribution in [1.29, 1.82) is 0 Å². The van der Waals surface area contributed by atoms with Crippen molar-refractivity contribution in [3.63, 3.8) is 0 Å². The topological polar surface area (TPSA) is 60.6 Å². The lowest BCUT2D eigenvalue weighted by molar-refractivity contribution is 0.466. The number of hydrogen-bond donors (Lipinski definition) is 1. The van der Waals surface area contributed by atoms with Gasteiger partial charge in [-0.15, -0.1) is 0 Å². The third-order valence-corrected chi connectivity index (χ3v) is 3.56. The maximum absolute atomic E-state index is 4.52. The van der Waals surface area contributed by atoms with Crippen molar-refractivity contribution in [3.05, 3.63) is 29.6 Å². The third kappa shape index (κ3) is 2.90. The number of aryl methyl sites for hydroxylation is 2. The van der Waals surface area contributed by atoms with Gasteiger partial charge in [0.1, 0.15) is 12.2 Å². The predicted molar refractivity (Wildman–Crippen MR) is 78.5 cm³/mol. The van der Waals surface area contributed by atoms with Gasteiger partial charge in [-0.25, -0.2) is 9.67 Å². The molecule has 20 heavy (non-hydrogen) atoms. The number of nitrogens with one attached hydrogen (secondary N) is 1. The van der Waals surface area contributed by atoms with Gasteiger partial charge in [-0.1, -0.05) is 6.92 Å². The summed E-state index contributed by atoms with van der Waals surface area (Å²) < 4.78 is 3.93. The van der Waals surface area contributed by atoms with E-state index in [1.54, 1.807) is 6.33 Å². The van der Waals surface area contributed by atoms with Crippen LogP contribution in [-0.4, -0.2) is 31.6 Å². The molecule has 0 radical (unpaired) electrons. The lowest BCUT2D eigenvalue weighted by Gasteiger charge is -2.17. The predicted octanol–water partition coefficient (Wildman–Crippen LogP) is 1.66. The van der Waals surface area contributed by atoms with Crippen molar-refractivity contribution < 1.29 is 0 Å². The molecule has 2 rings (SSSR count). The van der Waals surface area contributed by atoms with E-state index in [0.29, 0.717) is 6.04 Å². The molecule has 0 spiro atoms. The van der Waals surface area contributed by atoms with E-state index in [2.05, 4.69) is 47.3 Å². The Hall–Kier alpha value is -1.69. The molecule has 2 heterocycles. The molecule has 2 aromatic rings. The van der Waals surface area contributed by atoms with Crippen molar-refractivity contribution >= 4 is 0 Å². The van der Waals surface area contributed by atoms with Crippen molar-refractivity contribution in [3.8, 4) is 0 Å². The first-order chi connectivity index (χ1) is 9.56. The zero-order valence-electron chi connectivity index (χ0n) is 13.0. The molecule has 110 valence electrons. The Kier molecular flexibility index (Phi) is 4.54. The minimum absolute atomic E-state index is 0.189. The van der Waals surface area contributed by atoms with Crippen LogP contribution < -0.4 is 5.32 Å². The van der Waals surface area contributed by atoms with Gasteiger partial charge in [-0.05, 0) is 33.4 Å². The Bertz CT molecular complexity index is 554. The van der Waals surface area contributed by atoms with Crippen LogP contribution in [-0.2, 0) is 19.9 Å². The van der Waals surface area contributed by atoms with Crippen molar-refractivity contribution in [2.45, 2.75) is 45.7 Å². The summed E-state index contributed by atoms with van der Waals surface area (Å²) in [6.45, 7) is 6.35. The van der Waals surface area contributed by atoms with E-state index >= 15 is 0 Å². The Morgan fingerprint density at radius 3 is 2.65 bits per heavy atom. The van der Waals surface area contributed by atoms with Gasteiger partial charge in [0.05, 0.1) is 17.4 Å². The van der Waals surface area contributed by atoms with E-state index in [4.69, 9.17) is 0 Å². The number of aromatic nitrogens is 5. The van der Waals surface area contributed by atoms with E-state index < -0.39 is 0 Å². The Morgan fingerprint density at radius 2 is 2.10 bits per heavy atom. The van der Waals surface area contributed by atoms with Crippen LogP contribution in [0, 0.1) is 0 Å².